The van der Waals surface area contributed by atoms with Crippen molar-refractivity contribution in [1.29, 1.82) is 0 Å². The van der Waals surface area contributed by atoms with E-state index in [2.05, 4.69) is 34.3 Å². The predicted molar refractivity (Wildman–Crippen MR) is 101 cm³/mol. The van der Waals surface area contributed by atoms with Crippen LogP contribution in [0.4, 0.5) is 11.5 Å². The summed E-state index contributed by atoms with van der Waals surface area (Å²) in [7, 11) is 1.32. The van der Waals surface area contributed by atoms with Crippen molar-refractivity contribution in [3.05, 3.63) is 35.0 Å². The van der Waals surface area contributed by atoms with Crippen LogP contribution in [0.5, 0.6) is 0 Å². The lowest BCUT2D eigenvalue weighted by atomic mass is 10.3. The van der Waals surface area contributed by atoms with Gasteiger partial charge in [0.2, 0.25) is 5.69 Å². The van der Waals surface area contributed by atoms with E-state index in [1.54, 1.807) is 24.3 Å². The highest BCUT2D eigenvalue weighted by Gasteiger charge is 2.19. The van der Waals surface area contributed by atoms with Gasteiger partial charge in [-0.3, -0.25) is 0 Å². The Morgan fingerprint density at radius 2 is 1.88 bits per heavy atom. The van der Waals surface area contributed by atoms with Crippen LogP contribution in [0.1, 0.15) is 24.3 Å². The fraction of sp³-hybridized carbons (Fsp3) is 0.438. The molecule has 0 atom stereocenters. The molecule has 0 saturated heterocycles. The van der Waals surface area contributed by atoms with Crippen LogP contribution in [0.2, 0.25) is 5.02 Å². The zero-order valence-corrected chi connectivity index (χ0v) is 16.1. The third-order valence-electron chi connectivity index (χ3n) is 3.65. The molecule has 0 aliphatic heterocycles. The summed E-state index contributed by atoms with van der Waals surface area (Å²) in [5.41, 5.74) is 0.923. The maximum absolute atomic E-state index is 11.9. The van der Waals surface area contributed by atoms with E-state index in [0.717, 1.165) is 25.3 Å². The summed E-state index contributed by atoms with van der Waals surface area (Å²) in [5.74, 6) is -0.163. The number of methoxy groups -OCH3 is 1. The lowest BCUT2D eigenvalue weighted by Gasteiger charge is -2.16. The van der Waals surface area contributed by atoms with Crippen molar-refractivity contribution in [3.8, 4) is 0 Å². The minimum atomic E-state index is -0.527. The SMILES string of the molecule is CCN(CC)CCn1nc(Nc2ccc(Cl)cc2)c(C(=O)OC)n1.Cl. The van der Waals surface area contributed by atoms with Gasteiger partial charge in [-0.25, -0.2) is 4.79 Å². The van der Waals surface area contributed by atoms with Gasteiger partial charge in [0.25, 0.3) is 0 Å². The molecule has 9 heteroatoms. The number of aromatic nitrogens is 3. The number of esters is 1. The van der Waals surface area contributed by atoms with E-state index in [0.29, 0.717) is 17.4 Å². The third kappa shape index (κ3) is 5.88. The lowest BCUT2D eigenvalue weighted by Crippen LogP contribution is -2.27. The van der Waals surface area contributed by atoms with Crippen molar-refractivity contribution in [3.63, 3.8) is 0 Å². The Labute approximate surface area is 158 Å². The van der Waals surface area contributed by atoms with Gasteiger partial charge in [-0.05, 0) is 37.4 Å². The van der Waals surface area contributed by atoms with Crippen LogP contribution in [-0.4, -0.2) is 52.6 Å². The van der Waals surface area contributed by atoms with Crippen LogP contribution >= 0.6 is 24.0 Å². The van der Waals surface area contributed by atoms with Crippen LogP contribution in [0.25, 0.3) is 0 Å². The van der Waals surface area contributed by atoms with Crippen molar-refractivity contribution in [2.45, 2.75) is 20.4 Å². The van der Waals surface area contributed by atoms with E-state index in [9.17, 15) is 4.79 Å². The fourth-order valence-electron chi connectivity index (χ4n) is 2.21. The minimum absolute atomic E-state index is 0. The molecule has 0 spiro atoms. The predicted octanol–water partition coefficient (Wildman–Crippen LogP) is 3.23. The Morgan fingerprint density at radius 3 is 2.44 bits per heavy atom. The van der Waals surface area contributed by atoms with Gasteiger partial charge in [0, 0.05) is 17.3 Å². The van der Waals surface area contributed by atoms with Gasteiger partial charge in [0.15, 0.2) is 5.82 Å². The number of nitrogens with zero attached hydrogens (tertiary/aromatic N) is 4. The van der Waals surface area contributed by atoms with Crippen molar-refractivity contribution < 1.29 is 9.53 Å². The molecule has 2 rings (SSSR count). The zero-order chi connectivity index (χ0) is 17.5. The molecule has 0 aliphatic carbocycles. The van der Waals surface area contributed by atoms with Gasteiger partial charge in [-0.15, -0.1) is 22.6 Å². The third-order valence-corrected chi connectivity index (χ3v) is 3.90. The van der Waals surface area contributed by atoms with Gasteiger partial charge in [0.05, 0.1) is 13.7 Å². The van der Waals surface area contributed by atoms with Crippen molar-refractivity contribution in [2.24, 2.45) is 0 Å². The van der Waals surface area contributed by atoms with Crippen LogP contribution in [0.3, 0.4) is 0 Å². The highest BCUT2D eigenvalue weighted by molar-refractivity contribution is 6.30. The Kier molecular flexibility index (Phi) is 8.68. The molecule has 25 heavy (non-hydrogen) atoms. The molecule has 138 valence electrons. The number of hydrogen-bond donors (Lipinski definition) is 1. The second kappa shape index (κ2) is 10.2. The highest BCUT2D eigenvalue weighted by atomic mass is 35.5. The van der Waals surface area contributed by atoms with E-state index in [4.69, 9.17) is 16.3 Å². The number of nitrogens with one attached hydrogen (secondary N) is 1. The number of anilines is 2. The van der Waals surface area contributed by atoms with Crippen LogP contribution in [-0.2, 0) is 11.3 Å². The number of hydrogen-bond acceptors (Lipinski definition) is 6. The summed E-state index contributed by atoms with van der Waals surface area (Å²) in [5, 5.41) is 12.3. The fourth-order valence-corrected chi connectivity index (χ4v) is 2.33. The molecule has 1 heterocycles. The summed E-state index contributed by atoms with van der Waals surface area (Å²) < 4.78 is 4.79. The Hall–Kier alpha value is -1.83. The van der Waals surface area contributed by atoms with Gasteiger partial charge in [-0.1, -0.05) is 25.4 Å². The monoisotopic (exact) mass is 387 g/mol. The molecule has 1 N–H and O–H groups in total. The van der Waals surface area contributed by atoms with Gasteiger partial charge < -0.3 is 15.0 Å². The first kappa shape index (κ1) is 21.2. The van der Waals surface area contributed by atoms with E-state index in [1.165, 1.54) is 11.9 Å². The van der Waals surface area contributed by atoms with Gasteiger partial charge in [-0.2, -0.15) is 4.80 Å². The molecule has 0 amide bonds. The summed E-state index contributed by atoms with van der Waals surface area (Å²) in [6, 6.07) is 7.12. The Bertz CT molecular complexity index is 672. The molecule has 0 fully saturated rings. The molecule has 7 nitrogen and oxygen atoms in total. The number of benzene rings is 1. The van der Waals surface area contributed by atoms with Crippen molar-refractivity contribution in [1.82, 2.24) is 19.9 Å². The van der Waals surface area contributed by atoms with E-state index < -0.39 is 5.97 Å². The normalized spacial score (nSPS) is 10.4. The molecular formula is C16H23Cl2N5O2. The van der Waals surface area contributed by atoms with E-state index >= 15 is 0 Å². The van der Waals surface area contributed by atoms with E-state index in [-0.39, 0.29) is 18.1 Å². The molecular weight excluding hydrogens is 365 g/mol. The molecule has 0 bridgehead atoms. The average Bonchev–Trinajstić information content (AvgIpc) is 3.00. The number of ether oxygens (including phenoxy) is 1. The Balaban J connectivity index is 0.00000312. The first-order chi connectivity index (χ1) is 11.6. The number of carbonyl (C=O) groups is 1. The number of halogens is 2. The quantitative estimate of drug-likeness (QED) is 0.700. The topological polar surface area (TPSA) is 72.3 Å². The molecule has 0 radical (unpaired) electrons. The molecule has 0 saturated carbocycles. The zero-order valence-electron chi connectivity index (χ0n) is 14.5. The first-order valence-corrected chi connectivity index (χ1v) is 8.23. The van der Waals surface area contributed by atoms with E-state index in [1.807, 2.05) is 0 Å². The average molecular weight is 388 g/mol. The summed E-state index contributed by atoms with van der Waals surface area (Å²) >= 11 is 5.88. The summed E-state index contributed by atoms with van der Waals surface area (Å²) in [6.07, 6.45) is 0. The smallest absolute Gasteiger partial charge is 0.362 e. The largest absolute Gasteiger partial charge is 0.464 e. The molecule has 1 aromatic heterocycles. The maximum atomic E-state index is 11.9. The molecule has 0 aliphatic rings. The Morgan fingerprint density at radius 1 is 1.24 bits per heavy atom. The number of rotatable bonds is 8. The van der Waals surface area contributed by atoms with Crippen LogP contribution in [0, 0.1) is 0 Å². The maximum Gasteiger partial charge on any atom is 0.362 e. The molecule has 1 aromatic carbocycles. The summed E-state index contributed by atoms with van der Waals surface area (Å²) in [4.78, 5) is 15.7. The first-order valence-electron chi connectivity index (χ1n) is 7.85. The highest BCUT2D eigenvalue weighted by Crippen LogP contribution is 2.20. The van der Waals surface area contributed by atoms with Gasteiger partial charge in [0.1, 0.15) is 0 Å². The van der Waals surface area contributed by atoms with Crippen LogP contribution in [0.15, 0.2) is 24.3 Å². The van der Waals surface area contributed by atoms with Crippen molar-refractivity contribution >= 4 is 41.5 Å². The number of carbonyl (C=O) groups excluding carboxylic acids is 1. The number of likely N-dealkylation sites (N-methyl/N-ethyl adjacent to an activating group) is 1. The molecule has 0 unspecified atom stereocenters. The van der Waals surface area contributed by atoms with Gasteiger partial charge >= 0.3 is 5.97 Å². The minimum Gasteiger partial charge on any atom is -0.464 e. The lowest BCUT2D eigenvalue weighted by molar-refractivity contribution is 0.0594. The standard InChI is InChI=1S/C16H22ClN5O2.ClH/c1-4-21(5-2)10-11-22-19-14(16(23)24-3)15(20-22)18-13-8-6-12(17)7-9-13;/h6-9H,4-5,10-11H2,1-3H3,(H,18,20);1H. The van der Waals surface area contributed by atoms with Crippen LogP contribution < -0.4 is 5.32 Å². The molecule has 2 aromatic rings. The second-order valence-electron chi connectivity index (χ2n) is 5.14. The van der Waals surface area contributed by atoms with Crippen molar-refractivity contribution in [2.75, 3.05) is 32.1 Å². The summed E-state index contributed by atoms with van der Waals surface area (Å²) in [6.45, 7) is 7.52. The second-order valence-corrected chi connectivity index (χ2v) is 5.58.